The molecule has 2 aromatic heterocycles. The van der Waals surface area contributed by atoms with Gasteiger partial charge >= 0.3 is 6.18 Å². The number of phenolic OH excluding ortho intramolecular Hbond substituents is 1. The van der Waals surface area contributed by atoms with Crippen LogP contribution in [0.25, 0.3) is 16.4 Å². The summed E-state index contributed by atoms with van der Waals surface area (Å²) in [5, 5.41) is 16.5. The van der Waals surface area contributed by atoms with Crippen molar-refractivity contribution in [2.75, 3.05) is 5.32 Å². The van der Waals surface area contributed by atoms with Crippen LogP contribution < -0.4 is 10.9 Å². The van der Waals surface area contributed by atoms with Crippen molar-refractivity contribution < 1.29 is 23.1 Å². The van der Waals surface area contributed by atoms with E-state index in [9.17, 15) is 27.9 Å². The van der Waals surface area contributed by atoms with Crippen LogP contribution in [0.2, 0.25) is 0 Å². The number of carbonyl (C=O) groups excluding carboxylic acids is 1. The molecule has 3 N–H and O–H groups in total. The molecule has 2 heterocycles. The number of hydrogen-bond acceptors (Lipinski definition) is 5. The van der Waals surface area contributed by atoms with E-state index in [1.807, 2.05) is 0 Å². The van der Waals surface area contributed by atoms with E-state index < -0.39 is 23.2 Å². The van der Waals surface area contributed by atoms with Gasteiger partial charge in [-0.15, -0.1) is 11.3 Å². The molecule has 4 rings (SSSR count). The third kappa shape index (κ3) is 4.36. The summed E-state index contributed by atoms with van der Waals surface area (Å²) in [5.41, 5.74) is 0.0293. The normalized spacial score (nSPS) is 11.5. The summed E-state index contributed by atoms with van der Waals surface area (Å²) in [5.74, 6) is -0.575. The predicted molar refractivity (Wildman–Crippen MR) is 109 cm³/mol. The first kappa shape index (κ1) is 20.4. The molecule has 7 nitrogen and oxygen atoms in total. The molecule has 0 aliphatic carbocycles. The van der Waals surface area contributed by atoms with E-state index in [1.165, 1.54) is 23.5 Å². The number of halogens is 3. The van der Waals surface area contributed by atoms with Crippen molar-refractivity contribution in [1.29, 1.82) is 0 Å². The molecule has 1 amide bonds. The largest absolute Gasteiger partial charge is 0.508 e. The third-order valence-corrected chi connectivity index (χ3v) is 5.11. The topological polar surface area (TPSA) is 100 Å². The van der Waals surface area contributed by atoms with Gasteiger partial charge in [-0.1, -0.05) is 0 Å². The zero-order chi connectivity index (χ0) is 22.2. The Bertz CT molecular complexity index is 1290. The van der Waals surface area contributed by atoms with Crippen molar-refractivity contribution in [1.82, 2.24) is 14.8 Å². The second-order valence-electron chi connectivity index (χ2n) is 6.43. The second-order valence-corrected chi connectivity index (χ2v) is 7.27. The van der Waals surface area contributed by atoms with E-state index in [-0.39, 0.29) is 17.1 Å². The Morgan fingerprint density at radius 3 is 2.42 bits per heavy atom. The van der Waals surface area contributed by atoms with Gasteiger partial charge in [0.05, 0.1) is 11.3 Å². The fourth-order valence-electron chi connectivity index (χ4n) is 2.73. The van der Waals surface area contributed by atoms with Gasteiger partial charge in [0.25, 0.3) is 11.5 Å². The van der Waals surface area contributed by atoms with E-state index >= 15 is 0 Å². The molecule has 2 aromatic carbocycles. The minimum atomic E-state index is -4.47. The minimum absolute atomic E-state index is 0.0775. The standard InChI is InChI=1S/C20H13F3N4O3S/c21-20(22,23)12-3-5-13(6-4-12)24-18(30)15-9-17(29)27(26-15)19-25-16(10-31-19)11-1-7-14(28)8-2-11/h1-10,26,28H,(H,24,30). The Morgan fingerprint density at radius 1 is 1.10 bits per heavy atom. The number of carbonyl (C=O) groups is 1. The van der Waals surface area contributed by atoms with Crippen molar-refractivity contribution in [3.05, 3.63) is 81.6 Å². The summed E-state index contributed by atoms with van der Waals surface area (Å²) >= 11 is 1.17. The number of benzene rings is 2. The van der Waals surface area contributed by atoms with E-state index in [2.05, 4.69) is 15.4 Å². The summed E-state index contributed by atoms with van der Waals surface area (Å²) in [6, 6.07) is 11.4. The molecule has 0 bridgehead atoms. The number of thiazole rings is 1. The number of hydrogen-bond donors (Lipinski definition) is 3. The molecular formula is C20H13F3N4O3S. The molecule has 0 aliphatic heterocycles. The van der Waals surface area contributed by atoms with Gasteiger partial charge in [0.15, 0.2) is 0 Å². The number of aromatic nitrogens is 3. The summed E-state index contributed by atoms with van der Waals surface area (Å²) in [4.78, 5) is 29.1. The number of amides is 1. The van der Waals surface area contributed by atoms with Crippen molar-refractivity contribution in [3.63, 3.8) is 0 Å². The zero-order valence-corrected chi connectivity index (χ0v) is 16.3. The van der Waals surface area contributed by atoms with E-state index in [1.54, 1.807) is 17.5 Å². The molecular weight excluding hydrogens is 433 g/mol. The van der Waals surface area contributed by atoms with Gasteiger partial charge in [-0.05, 0) is 48.5 Å². The lowest BCUT2D eigenvalue weighted by atomic mass is 10.2. The van der Waals surface area contributed by atoms with Crippen LogP contribution in [0.4, 0.5) is 18.9 Å². The predicted octanol–water partition coefficient (Wildman–Crippen LogP) is 4.27. The van der Waals surface area contributed by atoms with Gasteiger partial charge < -0.3 is 10.4 Å². The summed E-state index contributed by atoms with van der Waals surface area (Å²) in [6.45, 7) is 0. The number of phenols is 1. The number of anilines is 1. The first-order valence-electron chi connectivity index (χ1n) is 8.77. The molecule has 0 atom stereocenters. The van der Waals surface area contributed by atoms with Crippen molar-refractivity contribution in [3.8, 4) is 22.1 Å². The number of nitrogens with one attached hydrogen (secondary N) is 2. The third-order valence-electron chi connectivity index (χ3n) is 4.28. The van der Waals surface area contributed by atoms with Gasteiger partial charge in [0, 0.05) is 22.7 Å². The summed E-state index contributed by atoms with van der Waals surface area (Å²) in [7, 11) is 0. The van der Waals surface area contributed by atoms with Crippen LogP contribution in [0.1, 0.15) is 16.1 Å². The molecule has 0 fully saturated rings. The minimum Gasteiger partial charge on any atom is -0.508 e. The molecule has 11 heteroatoms. The fraction of sp³-hybridized carbons (Fsp3) is 0.0500. The van der Waals surface area contributed by atoms with Gasteiger partial charge in [0.1, 0.15) is 11.4 Å². The van der Waals surface area contributed by atoms with E-state index in [4.69, 9.17) is 0 Å². The first-order chi connectivity index (χ1) is 14.7. The van der Waals surface area contributed by atoms with Gasteiger partial charge in [-0.2, -0.15) is 17.9 Å². The number of aromatic amines is 1. The van der Waals surface area contributed by atoms with Gasteiger partial charge in [-0.25, -0.2) is 4.98 Å². The highest BCUT2D eigenvalue weighted by atomic mass is 32.1. The van der Waals surface area contributed by atoms with Crippen LogP contribution in [-0.2, 0) is 6.18 Å². The lowest BCUT2D eigenvalue weighted by molar-refractivity contribution is -0.137. The van der Waals surface area contributed by atoms with Crippen LogP contribution in [0, 0.1) is 0 Å². The van der Waals surface area contributed by atoms with Crippen LogP contribution in [-0.4, -0.2) is 25.8 Å². The molecule has 158 valence electrons. The number of aromatic hydroxyl groups is 1. The molecule has 0 saturated carbocycles. The summed E-state index contributed by atoms with van der Waals surface area (Å²) in [6.07, 6.45) is -4.47. The maximum Gasteiger partial charge on any atom is 0.416 e. The number of H-pyrrole nitrogens is 1. The van der Waals surface area contributed by atoms with Crippen LogP contribution >= 0.6 is 11.3 Å². The Labute approximate surface area is 176 Å². The average Bonchev–Trinajstić information content (AvgIpc) is 3.35. The Kier molecular flexibility index (Phi) is 5.11. The lowest BCUT2D eigenvalue weighted by Gasteiger charge is -2.08. The number of rotatable bonds is 4. The highest BCUT2D eigenvalue weighted by molar-refractivity contribution is 7.12. The Balaban J connectivity index is 1.53. The van der Waals surface area contributed by atoms with Crippen molar-refractivity contribution in [2.45, 2.75) is 6.18 Å². The monoisotopic (exact) mass is 446 g/mol. The summed E-state index contributed by atoms with van der Waals surface area (Å²) < 4.78 is 39.0. The molecule has 31 heavy (non-hydrogen) atoms. The number of nitrogens with zero attached hydrogens (tertiary/aromatic N) is 2. The maximum absolute atomic E-state index is 12.6. The quantitative estimate of drug-likeness (QED) is 0.436. The van der Waals surface area contributed by atoms with Gasteiger partial charge in [0.2, 0.25) is 5.13 Å². The Morgan fingerprint density at radius 2 is 1.77 bits per heavy atom. The van der Waals surface area contributed by atoms with Gasteiger partial charge in [-0.3, -0.25) is 14.7 Å². The highest BCUT2D eigenvalue weighted by Gasteiger charge is 2.30. The highest BCUT2D eigenvalue weighted by Crippen LogP contribution is 2.30. The zero-order valence-electron chi connectivity index (χ0n) is 15.5. The van der Waals surface area contributed by atoms with Crippen molar-refractivity contribution in [2.24, 2.45) is 0 Å². The fourth-order valence-corrected chi connectivity index (χ4v) is 3.52. The Hall–Kier alpha value is -3.86. The molecule has 0 saturated heterocycles. The van der Waals surface area contributed by atoms with Crippen molar-refractivity contribution >= 4 is 22.9 Å². The SMILES string of the molecule is O=C(Nc1ccc(C(F)(F)F)cc1)c1cc(=O)n(-c2nc(-c3ccc(O)cc3)cs2)[nH]1. The van der Waals surface area contributed by atoms with E-state index in [0.29, 0.717) is 10.8 Å². The molecule has 0 unspecified atom stereocenters. The van der Waals surface area contributed by atoms with E-state index in [0.717, 1.165) is 40.6 Å². The van der Waals surface area contributed by atoms with Crippen LogP contribution in [0.5, 0.6) is 5.75 Å². The number of alkyl halides is 3. The van der Waals surface area contributed by atoms with Crippen LogP contribution in [0.3, 0.4) is 0 Å². The molecule has 0 aliphatic rings. The lowest BCUT2D eigenvalue weighted by Crippen LogP contribution is -2.14. The molecule has 0 spiro atoms. The second kappa shape index (κ2) is 7.76. The van der Waals surface area contributed by atoms with Crippen LogP contribution in [0.15, 0.2) is 64.8 Å². The average molecular weight is 446 g/mol. The molecule has 0 radical (unpaired) electrons. The first-order valence-corrected chi connectivity index (χ1v) is 9.65. The smallest absolute Gasteiger partial charge is 0.416 e. The molecule has 4 aromatic rings. The maximum atomic E-state index is 12.6.